The Balaban J connectivity index is 1.76. The van der Waals surface area contributed by atoms with Crippen LogP contribution in [0.15, 0.2) is 41.3 Å². The second kappa shape index (κ2) is 9.57. The zero-order valence-corrected chi connectivity index (χ0v) is 19.0. The van der Waals surface area contributed by atoms with Crippen LogP contribution in [0.5, 0.6) is 17.2 Å². The molecule has 0 bridgehead atoms. The van der Waals surface area contributed by atoms with Gasteiger partial charge in [-0.25, -0.2) is 8.42 Å². The summed E-state index contributed by atoms with van der Waals surface area (Å²) in [5.74, 6) is 1.27. The quantitative estimate of drug-likeness (QED) is 0.698. The molecule has 0 radical (unpaired) electrons. The van der Waals surface area contributed by atoms with Gasteiger partial charge in [-0.1, -0.05) is 6.92 Å². The van der Waals surface area contributed by atoms with Crippen molar-refractivity contribution in [2.24, 2.45) is 5.92 Å². The van der Waals surface area contributed by atoms with Crippen LogP contribution in [0, 0.1) is 5.92 Å². The highest BCUT2D eigenvalue weighted by atomic mass is 32.2. The number of ether oxygens (including phenoxy) is 3. The third-order valence-corrected chi connectivity index (χ3v) is 7.33. The van der Waals surface area contributed by atoms with Crippen molar-refractivity contribution in [1.29, 1.82) is 0 Å². The molecule has 1 fully saturated rings. The molecule has 1 N–H and O–H groups in total. The number of nitrogens with zero attached hydrogens (tertiary/aromatic N) is 1. The lowest BCUT2D eigenvalue weighted by Crippen LogP contribution is -2.37. The predicted octanol–water partition coefficient (Wildman–Crippen LogP) is 3.39. The van der Waals surface area contributed by atoms with Gasteiger partial charge < -0.3 is 19.5 Å². The van der Waals surface area contributed by atoms with Crippen LogP contribution < -0.4 is 19.5 Å². The molecule has 168 valence electrons. The molecule has 9 heteroatoms. The molecular weight excluding hydrogens is 420 g/mol. The minimum absolute atomic E-state index is 0.216. The second-order valence-electron chi connectivity index (χ2n) is 7.48. The first kappa shape index (κ1) is 22.9. The summed E-state index contributed by atoms with van der Waals surface area (Å²) < 4.78 is 43.1. The van der Waals surface area contributed by atoms with Crippen molar-refractivity contribution in [1.82, 2.24) is 4.31 Å². The van der Waals surface area contributed by atoms with E-state index in [0.29, 0.717) is 47.5 Å². The monoisotopic (exact) mass is 448 g/mol. The van der Waals surface area contributed by atoms with Gasteiger partial charge in [-0.15, -0.1) is 0 Å². The second-order valence-corrected chi connectivity index (χ2v) is 9.42. The van der Waals surface area contributed by atoms with Crippen LogP contribution in [-0.2, 0) is 10.0 Å². The topological polar surface area (TPSA) is 94.2 Å². The zero-order valence-electron chi connectivity index (χ0n) is 18.2. The summed E-state index contributed by atoms with van der Waals surface area (Å²) in [5.41, 5.74) is 0.790. The van der Waals surface area contributed by atoms with E-state index >= 15 is 0 Å². The number of hydrogen-bond acceptors (Lipinski definition) is 6. The van der Waals surface area contributed by atoms with Crippen molar-refractivity contribution in [2.45, 2.75) is 24.7 Å². The summed E-state index contributed by atoms with van der Waals surface area (Å²) in [4.78, 5) is 12.9. The van der Waals surface area contributed by atoms with E-state index in [1.165, 1.54) is 37.8 Å². The number of amides is 1. The summed E-state index contributed by atoms with van der Waals surface area (Å²) in [6, 6.07) is 9.28. The number of nitrogens with one attached hydrogen (secondary N) is 1. The number of hydrogen-bond donors (Lipinski definition) is 1. The molecule has 0 aromatic heterocycles. The lowest BCUT2D eigenvalue weighted by molar-refractivity contribution is 0.102. The van der Waals surface area contributed by atoms with E-state index in [-0.39, 0.29) is 10.8 Å². The number of sulfonamides is 1. The van der Waals surface area contributed by atoms with E-state index in [1.54, 1.807) is 24.3 Å². The Hall–Kier alpha value is -2.78. The molecule has 1 aliphatic heterocycles. The van der Waals surface area contributed by atoms with Gasteiger partial charge >= 0.3 is 0 Å². The number of methoxy groups -OCH3 is 3. The Kier molecular flexibility index (Phi) is 7.07. The van der Waals surface area contributed by atoms with Gasteiger partial charge in [0.1, 0.15) is 0 Å². The van der Waals surface area contributed by atoms with Gasteiger partial charge in [0.2, 0.25) is 15.8 Å². The molecule has 2 aromatic rings. The molecule has 0 saturated carbocycles. The maximum atomic E-state index is 12.8. The van der Waals surface area contributed by atoms with Gasteiger partial charge in [-0.05, 0) is 55.2 Å². The van der Waals surface area contributed by atoms with E-state index in [9.17, 15) is 13.2 Å². The third-order valence-electron chi connectivity index (χ3n) is 5.42. The normalized spacial score (nSPS) is 15.4. The molecule has 31 heavy (non-hydrogen) atoms. The van der Waals surface area contributed by atoms with Crippen LogP contribution in [0.1, 0.15) is 30.1 Å². The SMILES string of the molecule is COc1cc(C(=O)Nc2ccc(S(=O)(=O)N3CCC(C)CC3)cc2)cc(OC)c1OC. The smallest absolute Gasteiger partial charge is 0.255 e. The lowest BCUT2D eigenvalue weighted by atomic mass is 10.0. The molecule has 8 nitrogen and oxygen atoms in total. The molecule has 0 aliphatic carbocycles. The standard InChI is InChI=1S/C22H28N2O6S/c1-15-9-11-24(12-10-15)31(26,27)18-7-5-17(6-8-18)23-22(25)16-13-19(28-2)21(30-4)20(14-16)29-3/h5-8,13-15H,9-12H2,1-4H3,(H,23,25). The Morgan fingerprint density at radius 2 is 1.52 bits per heavy atom. The van der Waals surface area contributed by atoms with Crippen LogP contribution in [0.3, 0.4) is 0 Å². The molecule has 0 unspecified atom stereocenters. The molecule has 1 saturated heterocycles. The first-order chi connectivity index (χ1) is 14.8. The number of rotatable bonds is 7. The van der Waals surface area contributed by atoms with Crippen LogP contribution in [0.4, 0.5) is 5.69 Å². The molecule has 0 atom stereocenters. The summed E-state index contributed by atoms with van der Waals surface area (Å²) in [7, 11) is 0.898. The fraction of sp³-hybridized carbons (Fsp3) is 0.409. The van der Waals surface area contributed by atoms with Gasteiger partial charge in [0.25, 0.3) is 5.91 Å². The molecule has 1 aliphatic rings. The van der Waals surface area contributed by atoms with Gasteiger partial charge in [0.15, 0.2) is 11.5 Å². The summed E-state index contributed by atoms with van der Waals surface area (Å²) in [6.07, 6.45) is 1.73. The van der Waals surface area contributed by atoms with Gasteiger partial charge in [0, 0.05) is 24.3 Å². The van der Waals surface area contributed by atoms with E-state index < -0.39 is 10.0 Å². The van der Waals surface area contributed by atoms with Gasteiger partial charge in [0.05, 0.1) is 26.2 Å². The van der Waals surface area contributed by atoms with E-state index in [2.05, 4.69) is 12.2 Å². The fourth-order valence-electron chi connectivity index (χ4n) is 3.50. The summed E-state index contributed by atoms with van der Waals surface area (Å²) in [5, 5.41) is 2.76. The van der Waals surface area contributed by atoms with Crippen molar-refractivity contribution >= 4 is 21.6 Å². The summed E-state index contributed by atoms with van der Waals surface area (Å²) in [6.45, 7) is 3.20. The number of piperidine rings is 1. The van der Waals surface area contributed by atoms with Crippen LogP contribution >= 0.6 is 0 Å². The van der Waals surface area contributed by atoms with Crippen molar-refractivity contribution in [2.75, 3.05) is 39.7 Å². The van der Waals surface area contributed by atoms with Crippen LogP contribution in [0.2, 0.25) is 0 Å². The highest BCUT2D eigenvalue weighted by Gasteiger charge is 2.28. The van der Waals surface area contributed by atoms with Gasteiger partial charge in [-0.3, -0.25) is 4.79 Å². The van der Waals surface area contributed by atoms with Crippen molar-refractivity contribution < 1.29 is 27.4 Å². The number of carbonyl (C=O) groups excluding carboxylic acids is 1. The molecule has 1 amide bonds. The Morgan fingerprint density at radius 1 is 0.968 bits per heavy atom. The summed E-state index contributed by atoms with van der Waals surface area (Å²) >= 11 is 0. The highest BCUT2D eigenvalue weighted by molar-refractivity contribution is 7.89. The van der Waals surface area contributed by atoms with E-state index in [1.807, 2.05) is 0 Å². The molecule has 2 aromatic carbocycles. The molecule has 3 rings (SSSR count). The maximum Gasteiger partial charge on any atom is 0.255 e. The maximum absolute atomic E-state index is 12.8. The van der Waals surface area contributed by atoms with E-state index in [0.717, 1.165) is 12.8 Å². The minimum atomic E-state index is -3.53. The van der Waals surface area contributed by atoms with Gasteiger partial charge in [-0.2, -0.15) is 4.31 Å². The van der Waals surface area contributed by atoms with Crippen molar-refractivity contribution in [3.63, 3.8) is 0 Å². The molecule has 1 heterocycles. The average Bonchev–Trinajstić information content (AvgIpc) is 2.78. The predicted molar refractivity (Wildman–Crippen MR) is 118 cm³/mol. The Bertz CT molecular complexity index is 1000. The Labute approximate surface area is 183 Å². The molecule has 0 spiro atoms. The first-order valence-corrected chi connectivity index (χ1v) is 11.5. The zero-order chi connectivity index (χ0) is 22.6. The number of anilines is 1. The molecular formula is C22H28N2O6S. The largest absolute Gasteiger partial charge is 0.493 e. The average molecular weight is 449 g/mol. The third kappa shape index (κ3) is 4.94. The van der Waals surface area contributed by atoms with Crippen molar-refractivity contribution in [3.05, 3.63) is 42.0 Å². The Morgan fingerprint density at radius 3 is 2.00 bits per heavy atom. The van der Waals surface area contributed by atoms with Crippen molar-refractivity contribution in [3.8, 4) is 17.2 Å². The fourth-order valence-corrected chi connectivity index (χ4v) is 4.97. The minimum Gasteiger partial charge on any atom is -0.493 e. The first-order valence-electron chi connectivity index (χ1n) is 10.0. The number of benzene rings is 2. The van der Waals surface area contributed by atoms with E-state index in [4.69, 9.17) is 14.2 Å². The number of carbonyl (C=O) groups is 1. The highest BCUT2D eigenvalue weighted by Crippen LogP contribution is 2.38. The van der Waals surface area contributed by atoms with Crippen LogP contribution in [-0.4, -0.2) is 53.0 Å². The van der Waals surface area contributed by atoms with Crippen LogP contribution in [0.25, 0.3) is 0 Å². The lowest BCUT2D eigenvalue weighted by Gasteiger charge is -2.29.